The molecule has 1 unspecified atom stereocenters. The summed E-state index contributed by atoms with van der Waals surface area (Å²) in [6, 6.07) is 14.6. The second-order valence-corrected chi connectivity index (χ2v) is 10.6. The Morgan fingerprint density at radius 3 is 2.00 bits per heavy atom. The molecule has 0 saturated carbocycles. The molecular formula is C30H31F7N6O4. The number of hydrogen-bond donors (Lipinski definition) is 4. The molecule has 0 aromatic heterocycles. The molecule has 3 aromatic rings. The number of alkyl halides is 7. The molecule has 0 spiro atoms. The number of anilines is 2. The number of nitrogens with zero attached hydrogens (tertiary/aromatic N) is 3. The molecule has 0 bridgehead atoms. The third-order valence-electron chi connectivity index (χ3n) is 6.79. The Bertz CT molecular complexity index is 1590. The van der Waals surface area contributed by atoms with E-state index in [4.69, 9.17) is 10.9 Å². The Labute approximate surface area is 264 Å². The lowest BCUT2D eigenvalue weighted by atomic mass is 9.90. The van der Waals surface area contributed by atoms with Crippen LogP contribution in [0, 0.1) is 19.1 Å². The SMILES string of the molecule is Cc1cc(C(F)(C(F)(F)F)C(F)(F)F)cc(C)c1NC(=O)c1cccc(N(CCCN/C(N)=N/[N+](C)([O-])O)C(=O)c2ccccc2)c1. The van der Waals surface area contributed by atoms with Crippen LogP contribution < -0.4 is 21.3 Å². The number of hydroxylamine groups is 2. The van der Waals surface area contributed by atoms with E-state index in [0.29, 0.717) is 17.7 Å². The second kappa shape index (κ2) is 13.9. The molecule has 0 heterocycles. The van der Waals surface area contributed by atoms with Gasteiger partial charge in [0.05, 0.1) is 0 Å². The number of aryl methyl sites for hydroxylation is 2. The topological polar surface area (TPSA) is 143 Å². The van der Waals surface area contributed by atoms with Gasteiger partial charge in [-0.25, -0.2) is 4.39 Å². The highest BCUT2D eigenvalue weighted by Gasteiger charge is 2.73. The quantitative estimate of drug-likeness (QED) is 0.0517. The average molecular weight is 673 g/mol. The first-order chi connectivity index (χ1) is 21.7. The minimum atomic E-state index is -6.30. The molecule has 254 valence electrons. The molecule has 0 aliphatic rings. The van der Waals surface area contributed by atoms with Crippen LogP contribution in [0.15, 0.2) is 71.8 Å². The number of carbonyl (C=O) groups is 2. The van der Waals surface area contributed by atoms with Crippen molar-refractivity contribution in [1.29, 1.82) is 0 Å². The number of benzene rings is 3. The van der Waals surface area contributed by atoms with Crippen LogP contribution in [-0.2, 0) is 5.67 Å². The fourth-order valence-corrected chi connectivity index (χ4v) is 4.62. The van der Waals surface area contributed by atoms with E-state index >= 15 is 0 Å². The normalized spacial score (nSPS) is 13.9. The monoisotopic (exact) mass is 672 g/mol. The summed E-state index contributed by atoms with van der Waals surface area (Å²) in [5.41, 5.74) is -1.85. The summed E-state index contributed by atoms with van der Waals surface area (Å²) in [5, 5.41) is 28.8. The average Bonchev–Trinajstić information content (AvgIpc) is 2.96. The van der Waals surface area contributed by atoms with Gasteiger partial charge in [0.2, 0.25) is 0 Å². The van der Waals surface area contributed by atoms with Crippen LogP contribution >= 0.6 is 0 Å². The summed E-state index contributed by atoms with van der Waals surface area (Å²) < 4.78 is 94.6. The number of halogens is 7. The fraction of sp³-hybridized carbons (Fsp3) is 0.300. The number of hydrogen-bond acceptors (Lipinski definition) is 5. The van der Waals surface area contributed by atoms with Gasteiger partial charge in [-0.15, -0.1) is 0 Å². The summed E-state index contributed by atoms with van der Waals surface area (Å²) in [7, 11) is 0.825. The van der Waals surface area contributed by atoms with Crippen LogP contribution in [0.5, 0.6) is 0 Å². The van der Waals surface area contributed by atoms with Crippen molar-refractivity contribution >= 4 is 29.1 Å². The van der Waals surface area contributed by atoms with E-state index in [1.165, 1.54) is 29.2 Å². The van der Waals surface area contributed by atoms with E-state index in [1.54, 1.807) is 30.3 Å². The molecule has 3 rings (SSSR count). The Morgan fingerprint density at radius 1 is 0.915 bits per heavy atom. The lowest BCUT2D eigenvalue weighted by Crippen LogP contribution is -2.50. The Morgan fingerprint density at radius 2 is 1.47 bits per heavy atom. The van der Waals surface area contributed by atoms with Crippen molar-refractivity contribution in [3.63, 3.8) is 0 Å². The Kier molecular flexibility index (Phi) is 10.9. The molecule has 0 fully saturated rings. The van der Waals surface area contributed by atoms with Crippen molar-refractivity contribution in [2.24, 2.45) is 10.8 Å². The fourth-order valence-electron chi connectivity index (χ4n) is 4.62. The molecular weight excluding hydrogens is 641 g/mol. The predicted molar refractivity (Wildman–Crippen MR) is 159 cm³/mol. The zero-order valence-electron chi connectivity index (χ0n) is 25.2. The number of nitrogens with one attached hydrogen (secondary N) is 2. The molecule has 1 atom stereocenters. The van der Waals surface area contributed by atoms with Gasteiger partial charge < -0.3 is 26.5 Å². The third-order valence-corrected chi connectivity index (χ3v) is 6.79. The highest BCUT2D eigenvalue weighted by Crippen LogP contribution is 2.53. The summed E-state index contributed by atoms with van der Waals surface area (Å²) in [6.45, 7) is 2.42. The van der Waals surface area contributed by atoms with E-state index in [0.717, 1.165) is 20.9 Å². The predicted octanol–water partition coefficient (Wildman–Crippen LogP) is 6.03. The molecule has 2 amide bonds. The minimum Gasteiger partial charge on any atom is -0.571 e. The number of guanidine groups is 1. The highest BCUT2D eigenvalue weighted by atomic mass is 19.4. The van der Waals surface area contributed by atoms with Gasteiger partial charge in [-0.05, 0) is 66.8 Å². The van der Waals surface area contributed by atoms with Crippen molar-refractivity contribution in [3.05, 3.63) is 99.8 Å². The lowest BCUT2D eigenvalue weighted by Gasteiger charge is -2.31. The van der Waals surface area contributed by atoms with E-state index in [-0.39, 0.29) is 53.5 Å². The molecule has 0 aliphatic carbocycles. The number of quaternary nitrogens is 1. The first kappa shape index (κ1) is 36.7. The van der Waals surface area contributed by atoms with Crippen LogP contribution in [0.1, 0.15) is 43.8 Å². The molecule has 47 heavy (non-hydrogen) atoms. The maximum Gasteiger partial charge on any atom is 0.435 e. The van der Waals surface area contributed by atoms with Crippen LogP contribution in [0.4, 0.5) is 42.1 Å². The number of nitrogens with two attached hydrogens (primary N) is 1. The maximum atomic E-state index is 14.7. The van der Waals surface area contributed by atoms with Crippen LogP contribution in [0.2, 0.25) is 0 Å². The van der Waals surface area contributed by atoms with E-state index < -0.39 is 40.3 Å². The minimum absolute atomic E-state index is 0.0217. The number of rotatable bonds is 10. The smallest absolute Gasteiger partial charge is 0.435 e. The Balaban J connectivity index is 1.90. The zero-order chi connectivity index (χ0) is 35.4. The molecule has 5 N–H and O–H groups in total. The number of amides is 2. The molecule has 10 nitrogen and oxygen atoms in total. The van der Waals surface area contributed by atoms with Crippen molar-refractivity contribution in [2.45, 2.75) is 38.3 Å². The van der Waals surface area contributed by atoms with Crippen molar-refractivity contribution in [2.75, 3.05) is 30.4 Å². The largest absolute Gasteiger partial charge is 0.571 e. The summed E-state index contributed by atoms with van der Waals surface area (Å²) in [4.78, 5) is 26.1. The highest BCUT2D eigenvalue weighted by molar-refractivity contribution is 6.08. The second-order valence-electron chi connectivity index (χ2n) is 10.6. The standard InChI is InChI=1S/C30H31F7N6O4/c1-18-15-22(28(31,29(32,33)34)30(35,36)37)16-19(2)24(18)40-25(44)21-11-7-12-23(17-21)42(26(45)20-9-5-4-6-10-20)14-8-13-39-27(38)41-43(3,46)47/h4-7,9-12,15-17,46H,8,13-14H2,1-3H3,(H,40,44)(H3,38,39,41). The maximum absolute atomic E-state index is 14.7. The molecule has 0 aliphatic heterocycles. The van der Waals surface area contributed by atoms with E-state index in [2.05, 4.69) is 15.7 Å². The number of carbonyl (C=O) groups excluding carboxylic acids is 2. The molecule has 17 heteroatoms. The first-order valence-corrected chi connectivity index (χ1v) is 13.8. The van der Waals surface area contributed by atoms with Gasteiger partial charge in [0.25, 0.3) is 17.8 Å². The van der Waals surface area contributed by atoms with E-state index in [1.807, 2.05) is 0 Å². The summed E-state index contributed by atoms with van der Waals surface area (Å²) in [5.74, 6) is -1.61. The van der Waals surface area contributed by atoms with Gasteiger partial charge in [-0.3, -0.25) is 9.59 Å². The van der Waals surface area contributed by atoms with Crippen molar-refractivity contribution in [3.8, 4) is 0 Å². The Hall–Kier alpha value is -4.74. The van der Waals surface area contributed by atoms with Crippen molar-refractivity contribution < 1.29 is 50.4 Å². The van der Waals surface area contributed by atoms with Crippen LogP contribution in [0.25, 0.3) is 0 Å². The van der Waals surface area contributed by atoms with E-state index in [9.17, 15) is 45.5 Å². The molecule has 3 aromatic carbocycles. The van der Waals surface area contributed by atoms with Gasteiger partial charge in [0.15, 0.2) is 0 Å². The van der Waals surface area contributed by atoms with Gasteiger partial charge in [-0.1, -0.05) is 41.3 Å². The summed E-state index contributed by atoms with van der Waals surface area (Å²) >= 11 is 0. The van der Waals surface area contributed by atoms with Crippen LogP contribution in [-0.4, -0.2) is 60.4 Å². The van der Waals surface area contributed by atoms with Gasteiger partial charge >= 0.3 is 18.0 Å². The van der Waals surface area contributed by atoms with Gasteiger partial charge in [0.1, 0.15) is 7.05 Å². The first-order valence-electron chi connectivity index (χ1n) is 13.8. The third kappa shape index (κ3) is 8.75. The molecule has 0 saturated heterocycles. The van der Waals surface area contributed by atoms with Crippen LogP contribution in [0.3, 0.4) is 0 Å². The van der Waals surface area contributed by atoms with Gasteiger partial charge in [0, 0.05) is 41.2 Å². The van der Waals surface area contributed by atoms with Gasteiger partial charge in [-0.2, -0.15) is 31.5 Å². The zero-order valence-corrected chi connectivity index (χ0v) is 25.2. The summed E-state index contributed by atoms with van der Waals surface area (Å²) in [6.07, 6.45) is -12.4. The molecule has 0 radical (unpaired) electrons. The lowest BCUT2D eigenvalue weighted by molar-refractivity contribution is -1.05. The van der Waals surface area contributed by atoms with Crippen molar-refractivity contribution in [1.82, 2.24) is 5.32 Å².